The van der Waals surface area contributed by atoms with Crippen molar-refractivity contribution in [2.24, 2.45) is 5.84 Å². The third-order valence-corrected chi connectivity index (χ3v) is 3.04. The van der Waals surface area contributed by atoms with E-state index in [0.717, 1.165) is 6.42 Å². The number of aryl methyl sites for hydroxylation is 1. The number of nitrogens with two attached hydrogens (primary N) is 1. The Morgan fingerprint density at radius 1 is 1.30 bits per heavy atom. The molecule has 0 unspecified atom stereocenters. The highest BCUT2D eigenvalue weighted by molar-refractivity contribution is 5.54. The van der Waals surface area contributed by atoms with Crippen LogP contribution in [0.3, 0.4) is 0 Å². The van der Waals surface area contributed by atoms with Crippen molar-refractivity contribution in [3.8, 4) is 11.6 Å². The molecule has 0 spiro atoms. The van der Waals surface area contributed by atoms with Gasteiger partial charge in [-0.25, -0.2) is 10.8 Å². The number of aromatic nitrogens is 3. The molecular formula is C14H15N5O. The van der Waals surface area contributed by atoms with Crippen LogP contribution < -0.4 is 16.0 Å². The van der Waals surface area contributed by atoms with Gasteiger partial charge in [-0.15, -0.1) is 0 Å². The maximum atomic E-state index is 5.80. The fourth-order valence-electron chi connectivity index (χ4n) is 1.95. The van der Waals surface area contributed by atoms with Crippen molar-refractivity contribution in [2.75, 3.05) is 5.43 Å². The van der Waals surface area contributed by atoms with Gasteiger partial charge in [0.25, 0.3) is 5.88 Å². The average molecular weight is 269 g/mol. The van der Waals surface area contributed by atoms with Gasteiger partial charge >= 0.3 is 0 Å². The molecule has 2 aromatic heterocycles. The van der Waals surface area contributed by atoms with Gasteiger partial charge in [-0.05, 0) is 24.1 Å². The molecule has 1 aromatic carbocycles. The molecule has 0 saturated carbocycles. The van der Waals surface area contributed by atoms with Crippen molar-refractivity contribution < 1.29 is 4.74 Å². The predicted molar refractivity (Wildman–Crippen MR) is 76.7 cm³/mol. The second-order valence-electron chi connectivity index (χ2n) is 4.33. The molecule has 0 aliphatic heterocycles. The van der Waals surface area contributed by atoms with E-state index in [1.54, 1.807) is 16.8 Å². The minimum Gasteiger partial charge on any atom is -0.436 e. The Morgan fingerprint density at radius 3 is 2.80 bits per heavy atom. The second-order valence-corrected chi connectivity index (χ2v) is 4.33. The van der Waals surface area contributed by atoms with Crippen molar-refractivity contribution >= 4 is 11.5 Å². The lowest BCUT2D eigenvalue weighted by atomic mass is 10.2. The molecule has 0 bridgehead atoms. The monoisotopic (exact) mass is 269 g/mol. The number of hydrogen-bond donors (Lipinski definition) is 2. The van der Waals surface area contributed by atoms with Crippen LogP contribution in [-0.2, 0) is 6.42 Å². The molecule has 0 saturated heterocycles. The number of hydrazine groups is 1. The van der Waals surface area contributed by atoms with E-state index in [1.165, 1.54) is 5.56 Å². The van der Waals surface area contributed by atoms with E-state index in [0.29, 0.717) is 23.1 Å². The molecule has 3 rings (SSSR count). The lowest BCUT2D eigenvalue weighted by Crippen LogP contribution is -2.10. The van der Waals surface area contributed by atoms with Gasteiger partial charge in [0, 0.05) is 12.4 Å². The van der Waals surface area contributed by atoms with Crippen molar-refractivity contribution in [2.45, 2.75) is 13.3 Å². The Balaban J connectivity index is 1.98. The maximum absolute atomic E-state index is 5.80. The Hall–Kier alpha value is -2.60. The fourth-order valence-corrected chi connectivity index (χ4v) is 1.95. The molecule has 0 amide bonds. The van der Waals surface area contributed by atoms with Gasteiger partial charge in [-0.2, -0.15) is 4.98 Å². The van der Waals surface area contributed by atoms with Gasteiger partial charge in [0.15, 0.2) is 5.82 Å². The Labute approximate surface area is 116 Å². The Morgan fingerprint density at radius 2 is 2.10 bits per heavy atom. The highest BCUT2D eigenvalue weighted by atomic mass is 16.5. The summed E-state index contributed by atoms with van der Waals surface area (Å²) in [6, 6.07) is 7.90. The first-order valence-corrected chi connectivity index (χ1v) is 6.37. The van der Waals surface area contributed by atoms with Crippen LogP contribution in [0.5, 0.6) is 11.6 Å². The number of ether oxygens (including phenoxy) is 1. The third-order valence-electron chi connectivity index (χ3n) is 3.04. The van der Waals surface area contributed by atoms with E-state index >= 15 is 0 Å². The van der Waals surface area contributed by atoms with E-state index in [2.05, 4.69) is 22.3 Å². The van der Waals surface area contributed by atoms with Crippen LogP contribution in [0.1, 0.15) is 12.5 Å². The minimum atomic E-state index is 0.412. The van der Waals surface area contributed by atoms with Crippen LogP contribution in [0.2, 0.25) is 0 Å². The molecule has 0 aliphatic rings. The quantitative estimate of drug-likeness (QED) is 0.561. The fraction of sp³-hybridized carbons (Fsp3) is 0.143. The second kappa shape index (κ2) is 5.18. The topological polar surface area (TPSA) is 77.5 Å². The number of benzene rings is 1. The number of anilines is 1. The third kappa shape index (κ3) is 2.28. The highest BCUT2D eigenvalue weighted by Crippen LogP contribution is 2.25. The van der Waals surface area contributed by atoms with Crippen LogP contribution in [0.4, 0.5) is 5.82 Å². The lowest BCUT2D eigenvalue weighted by Gasteiger charge is -2.08. The van der Waals surface area contributed by atoms with E-state index < -0.39 is 0 Å². The number of rotatable bonds is 4. The summed E-state index contributed by atoms with van der Waals surface area (Å²) in [7, 11) is 0. The van der Waals surface area contributed by atoms with E-state index in [-0.39, 0.29) is 0 Å². The van der Waals surface area contributed by atoms with E-state index in [1.807, 2.05) is 30.5 Å². The van der Waals surface area contributed by atoms with Crippen molar-refractivity contribution in [3.05, 3.63) is 48.4 Å². The molecule has 0 atom stereocenters. The molecule has 3 aromatic rings. The summed E-state index contributed by atoms with van der Waals surface area (Å²) in [5.41, 5.74) is 4.41. The average Bonchev–Trinajstić information content (AvgIpc) is 2.96. The van der Waals surface area contributed by atoms with Crippen molar-refractivity contribution in [1.29, 1.82) is 0 Å². The Bertz CT molecular complexity index is 720. The summed E-state index contributed by atoms with van der Waals surface area (Å²) in [5.74, 6) is 7.05. The molecule has 6 heteroatoms. The number of imidazole rings is 1. The summed E-state index contributed by atoms with van der Waals surface area (Å²) in [4.78, 5) is 8.52. The van der Waals surface area contributed by atoms with Crippen molar-refractivity contribution in [1.82, 2.24) is 14.4 Å². The normalized spacial score (nSPS) is 10.7. The summed E-state index contributed by atoms with van der Waals surface area (Å²) in [5, 5.41) is 0. The van der Waals surface area contributed by atoms with Gasteiger partial charge in [0.05, 0.1) is 6.20 Å². The summed E-state index contributed by atoms with van der Waals surface area (Å²) in [6.45, 7) is 2.11. The summed E-state index contributed by atoms with van der Waals surface area (Å²) < 4.78 is 7.61. The largest absolute Gasteiger partial charge is 0.436 e. The Kier molecular flexibility index (Phi) is 3.22. The first-order valence-electron chi connectivity index (χ1n) is 6.37. The summed E-state index contributed by atoms with van der Waals surface area (Å²) >= 11 is 0. The molecule has 6 nitrogen and oxygen atoms in total. The van der Waals surface area contributed by atoms with Gasteiger partial charge in [-0.1, -0.05) is 19.1 Å². The molecule has 2 heterocycles. The van der Waals surface area contributed by atoms with Crippen molar-refractivity contribution in [3.63, 3.8) is 0 Å². The lowest BCUT2D eigenvalue weighted by molar-refractivity contribution is 0.465. The van der Waals surface area contributed by atoms with Crippen LogP contribution in [0.15, 0.2) is 42.9 Å². The van der Waals surface area contributed by atoms with Gasteiger partial charge in [-0.3, -0.25) is 4.40 Å². The van der Waals surface area contributed by atoms with Crippen LogP contribution in [0, 0.1) is 0 Å². The number of hydrogen-bond acceptors (Lipinski definition) is 5. The molecular weight excluding hydrogens is 254 g/mol. The predicted octanol–water partition coefficient (Wildman–Crippen LogP) is 2.37. The molecule has 0 fully saturated rings. The standard InChI is InChI=1S/C14H15N5O/c1-2-10-3-5-11(6-4-10)20-14-13-16-7-8-19(13)9-12(17-14)18-15/h3-9,18H,2,15H2,1H3. The van der Waals surface area contributed by atoms with Gasteiger partial charge < -0.3 is 10.2 Å². The molecule has 0 radical (unpaired) electrons. The number of nitrogens with one attached hydrogen (secondary N) is 1. The SMILES string of the molecule is CCc1ccc(Oc2nc(NN)cn3ccnc23)cc1. The van der Waals surface area contributed by atoms with Gasteiger partial charge in [0.1, 0.15) is 5.75 Å². The first-order chi connectivity index (χ1) is 9.80. The zero-order valence-electron chi connectivity index (χ0n) is 11.1. The number of nitrogens with zero attached hydrogens (tertiary/aromatic N) is 3. The van der Waals surface area contributed by atoms with Crippen LogP contribution >= 0.6 is 0 Å². The van der Waals surface area contributed by atoms with Gasteiger partial charge in [0.2, 0.25) is 5.65 Å². The molecule has 20 heavy (non-hydrogen) atoms. The molecule has 3 N–H and O–H groups in total. The molecule has 0 aliphatic carbocycles. The maximum Gasteiger partial charge on any atom is 0.265 e. The minimum absolute atomic E-state index is 0.412. The summed E-state index contributed by atoms with van der Waals surface area (Å²) in [6.07, 6.45) is 6.24. The number of nitrogen functional groups attached to an aromatic ring is 1. The number of fused-ring (bicyclic) bond motifs is 1. The first kappa shape index (κ1) is 12.4. The molecule has 102 valence electrons. The van der Waals surface area contributed by atoms with E-state index in [4.69, 9.17) is 10.6 Å². The highest BCUT2D eigenvalue weighted by Gasteiger charge is 2.09. The zero-order valence-corrected chi connectivity index (χ0v) is 11.1. The van der Waals surface area contributed by atoms with Crippen LogP contribution in [0.25, 0.3) is 5.65 Å². The smallest absolute Gasteiger partial charge is 0.265 e. The van der Waals surface area contributed by atoms with E-state index in [9.17, 15) is 0 Å². The zero-order chi connectivity index (χ0) is 13.9. The van der Waals surface area contributed by atoms with Crippen LogP contribution in [-0.4, -0.2) is 14.4 Å².